The molecule has 1 aliphatic rings. The third kappa shape index (κ3) is 4.53. The first kappa shape index (κ1) is 14.9. The van der Waals surface area contributed by atoms with Gasteiger partial charge in [-0.3, -0.25) is 4.79 Å². The number of aliphatic hydroxyl groups is 1. The van der Waals surface area contributed by atoms with E-state index in [0.717, 1.165) is 37.2 Å². The number of amides is 1. The SMILES string of the molecule is O=C(CNc1cccc(CO)c1)N1CCCCCCC1. The molecule has 1 fully saturated rings. The summed E-state index contributed by atoms with van der Waals surface area (Å²) in [5.41, 5.74) is 1.74. The van der Waals surface area contributed by atoms with Crippen LogP contribution >= 0.6 is 0 Å². The lowest BCUT2D eigenvalue weighted by Crippen LogP contribution is -2.37. The van der Waals surface area contributed by atoms with Crippen LogP contribution in [0.4, 0.5) is 5.69 Å². The van der Waals surface area contributed by atoms with Crippen LogP contribution in [-0.2, 0) is 11.4 Å². The molecule has 0 unspecified atom stereocenters. The van der Waals surface area contributed by atoms with Crippen LogP contribution in [0.15, 0.2) is 24.3 Å². The smallest absolute Gasteiger partial charge is 0.241 e. The second-order valence-corrected chi connectivity index (χ2v) is 5.36. The Hall–Kier alpha value is -1.55. The summed E-state index contributed by atoms with van der Waals surface area (Å²) in [7, 11) is 0. The van der Waals surface area contributed by atoms with Crippen LogP contribution in [0.3, 0.4) is 0 Å². The van der Waals surface area contributed by atoms with Gasteiger partial charge in [0.15, 0.2) is 0 Å². The van der Waals surface area contributed by atoms with Crippen molar-refractivity contribution in [2.45, 2.75) is 38.7 Å². The quantitative estimate of drug-likeness (QED) is 0.888. The van der Waals surface area contributed by atoms with Crippen molar-refractivity contribution >= 4 is 11.6 Å². The molecule has 0 aromatic heterocycles. The molecule has 20 heavy (non-hydrogen) atoms. The van der Waals surface area contributed by atoms with Crippen LogP contribution in [0.1, 0.15) is 37.7 Å². The molecule has 2 rings (SSSR count). The van der Waals surface area contributed by atoms with Gasteiger partial charge in [-0.15, -0.1) is 0 Å². The predicted molar refractivity (Wildman–Crippen MR) is 80.5 cm³/mol. The van der Waals surface area contributed by atoms with Crippen LogP contribution in [0.5, 0.6) is 0 Å². The van der Waals surface area contributed by atoms with E-state index in [1.807, 2.05) is 29.2 Å². The Morgan fingerprint density at radius 2 is 1.85 bits per heavy atom. The minimum atomic E-state index is 0.0234. The molecule has 1 aromatic rings. The number of benzene rings is 1. The summed E-state index contributed by atoms with van der Waals surface area (Å²) < 4.78 is 0. The predicted octanol–water partition coefficient (Wildman–Crippen LogP) is 2.38. The Kier molecular flexibility index (Phi) is 5.87. The number of rotatable bonds is 4. The van der Waals surface area contributed by atoms with Gasteiger partial charge in [-0.25, -0.2) is 0 Å². The lowest BCUT2D eigenvalue weighted by molar-refractivity contribution is -0.129. The number of likely N-dealkylation sites (tertiary alicyclic amines) is 1. The minimum Gasteiger partial charge on any atom is -0.392 e. The second-order valence-electron chi connectivity index (χ2n) is 5.36. The number of anilines is 1. The van der Waals surface area contributed by atoms with Crippen molar-refractivity contribution in [1.82, 2.24) is 4.90 Å². The third-order valence-electron chi connectivity index (χ3n) is 3.76. The molecule has 110 valence electrons. The van der Waals surface area contributed by atoms with Gasteiger partial charge in [0.1, 0.15) is 0 Å². The largest absolute Gasteiger partial charge is 0.392 e. The average molecular weight is 276 g/mol. The Morgan fingerprint density at radius 1 is 1.15 bits per heavy atom. The molecule has 0 atom stereocenters. The van der Waals surface area contributed by atoms with E-state index in [0.29, 0.717) is 6.54 Å². The standard InChI is InChI=1S/C16H24N2O2/c19-13-14-7-6-8-15(11-14)17-12-16(20)18-9-4-2-1-3-5-10-18/h6-8,11,17,19H,1-5,9-10,12-13H2. The van der Waals surface area contributed by atoms with E-state index in [1.54, 1.807) is 0 Å². The summed E-state index contributed by atoms with van der Waals surface area (Å²) in [6, 6.07) is 7.54. The van der Waals surface area contributed by atoms with E-state index in [9.17, 15) is 4.79 Å². The van der Waals surface area contributed by atoms with Crippen molar-refractivity contribution in [3.8, 4) is 0 Å². The molecule has 2 N–H and O–H groups in total. The first-order valence-electron chi connectivity index (χ1n) is 7.51. The fraction of sp³-hybridized carbons (Fsp3) is 0.562. The monoisotopic (exact) mass is 276 g/mol. The summed E-state index contributed by atoms with van der Waals surface area (Å²) in [6.07, 6.45) is 6.00. The molecular formula is C16H24N2O2. The van der Waals surface area contributed by atoms with Gasteiger partial charge in [0.25, 0.3) is 0 Å². The van der Waals surface area contributed by atoms with Crippen molar-refractivity contribution in [2.75, 3.05) is 25.0 Å². The summed E-state index contributed by atoms with van der Waals surface area (Å²) in [5, 5.41) is 12.2. The highest BCUT2D eigenvalue weighted by Crippen LogP contribution is 2.12. The zero-order chi connectivity index (χ0) is 14.2. The van der Waals surface area contributed by atoms with Crippen LogP contribution < -0.4 is 5.32 Å². The summed E-state index contributed by atoms with van der Waals surface area (Å²) in [5.74, 6) is 0.168. The lowest BCUT2D eigenvalue weighted by atomic mass is 10.1. The third-order valence-corrected chi connectivity index (χ3v) is 3.76. The van der Waals surface area contributed by atoms with Gasteiger partial charge < -0.3 is 15.3 Å². The van der Waals surface area contributed by atoms with Gasteiger partial charge in [0.05, 0.1) is 13.2 Å². The van der Waals surface area contributed by atoms with Crippen molar-refractivity contribution < 1.29 is 9.90 Å². The fourth-order valence-corrected chi connectivity index (χ4v) is 2.57. The average Bonchev–Trinajstić information content (AvgIpc) is 2.44. The van der Waals surface area contributed by atoms with Crippen molar-refractivity contribution in [3.63, 3.8) is 0 Å². The topological polar surface area (TPSA) is 52.6 Å². The first-order valence-corrected chi connectivity index (χ1v) is 7.51. The summed E-state index contributed by atoms with van der Waals surface area (Å²) in [4.78, 5) is 14.2. The Morgan fingerprint density at radius 3 is 2.55 bits per heavy atom. The molecule has 0 aliphatic carbocycles. The Bertz CT molecular complexity index is 426. The van der Waals surface area contributed by atoms with Gasteiger partial charge >= 0.3 is 0 Å². The maximum atomic E-state index is 12.2. The number of hydrogen-bond acceptors (Lipinski definition) is 3. The van der Waals surface area contributed by atoms with Gasteiger partial charge in [0.2, 0.25) is 5.91 Å². The van der Waals surface area contributed by atoms with E-state index >= 15 is 0 Å². The zero-order valence-corrected chi connectivity index (χ0v) is 12.0. The molecule has 4 heteroatoms. The maximum absolute atomic E-state index is 12.2. The molecule has 1 aliphatic heterocycles. The summed E-state index contributed by atoms with van der Waals surface area (Å²) >= 11 is 0. The minimum absolute atomic E-state index is 0.0234. The van der Waals surface area contributed by atoms with Crippen LogP contribution in [-0.4, -0.2) is 35.5 Å². The highest BCUT2D eigenvalue weighted by Gasteiger charge is 2.14. The van der Waals surface area contributed by atoms with Crippen molar-refractivity contribution in [3.05, 3.63) is 29.8 Å². The number of nitrogens with one attached hydrogen (secondary N) is 1. The first-order chi connectivity index (χ1) is 9.79. The zero-order valence-electron chi connectivity index (χ0n) is 12.0. The Labute approximate surface area is 120 Å². The highest BCUT2D eigenvalue weighted by atomic mass is 16.3. The number of aliphatic hydroxyl groups excluding tert-OH is 1. The van der Waals surface area contributed by atoms with E-state index in [1.165, 1.54) is 19.3 Å². The van der Waals surface area contributed by atoms with Crippen molar-refractivity contribution in [1.29, 1.82) is 0 Å². The van der Waals surface area contributed by atoms with E-state index < -0.39 is 0 Å². The number of nitrogens with zero attached hydrogens (tertiary/aromatic N) is 1. The van der Waals surface area contributed by atoms with Gasteiger partial charge in [-0.05, 0) is 30.5 Å². The molecule has 0 spiro atoms. The number of carbonyl (C=O) groups is 1. The fourth-order valence-electron chi connectivity index (χ4n) is 2.57. The molecule has 1 amide bonds. The van der Waals surface area contributed by atoms with Gasteiger partial charge in [0, 0.05) is 18.8 Å². The molecule has 1 saturated heterocycles. The van der Waals surface area contributed by atoms with Crippen molar-refractivity contribution in [2.24, 2.45) is 0 Å². The van der Waals surface area contributed by atoms with E-state index in [4.69, 9.17) is 5.11 Å². The Balaban J connectivity index is 1.83. The maximum Gasteiger partial charge on any atom is 0.241 e. The molecule has 4 nitrogen and oxygen atoms in total. The van der Waals surface area contributed by atoms with Gasteiger partial charge in [-0.2, -0.15) is 0 Å². The number of hydrogen-bond donors (Lipinski definition) is 2. The molecular weight excluding hydrogens is 252 g/mol. The van der Waals surface area contributed by atoms with Crippen LogP contribution in [0.2, 0.25) is 0 Å². The molecule has 0 saturated carbocycles. The normalized spacial score (nSPS) is 16.4. The van der Waals surface area contributed by atoms with E-state index in [2.05, 4.69) is 5.32 Å². The summed E-state index contributed by atoms with van der Waals surface area (Å²) in [6.45, 7) is 2.12. The molecule has 1 heterocycles. The molecule has 0 bridgehead atoms. The van der Waals surface area contributed by atoms with Crippen LogP contribution in [0, 0.1) is 0 Å². The molecule has 1 aromatic carbocycles. The lowest BCUT2D eigenvalue weighted by Gasteiger charge is -2.25. The van der Waals surface area contributed by atoms with Crippen LogP contribution in [0.25, 0.3) is 0 Å². The van der Waals surface area contributed by atoms with E-state index in [-0.39, 0.29) is 12.5 Å². The second kappa shape index (κ2) is 7.90. The van der Waals surface area contributed by atoms with Gasteiger partial charge in [-0.1, -0.05) is 31.4 Å². The number of carbonyl (C=O) groups excluding carboxylic acids is 1. The highest BCUT2D eigenvalue weighted by molar-refractivity contribution is 5.80. The molecule has 0 radical (unpaired) electrons.